The van der Waals surface area contributed by atoms with Gasteiger partial charge in [0.1, 0.15) is 0 Å². The van der Waals surface area contributed by atoms with E-state index < -0.39 is 30.8 Å². The minimum Gasteiger partial charge on any atom is -0.398 e. The molecule has 0 aliphatic heterocycles. The molecule has 0 aromatic heterocycles. The average molecular weight is 642 g/mol. The molecule has 0 heterocycles. The standard InChI is InChI=1S/C26H19N5O6S2.O3S/c27-23-10-11-24(20-7-2-1-6-19(20)23)30-31-26-13-12-25(21-9-8-18(15-22(21)26)39(35,36)37)29-28-16-4-3-5-17(14-16)38(32,33)34;1-4(2)3/h1-15H,27H2,(H,32,33,34)(H,35,36,37);. The van der Waals surface area contributed by atoms with Gasteiger partial charge in [-0.25, -0.2) is 0 Å². The van der Waals surface area contributed by atoms with Crippen molar-refractivity contribution in [1.82, 2.24) is 0 Å². The maximum atomic E-state index is 11.8. The Morgan fingerprint density at radius 2 is 1.02 bits per heavy atom. The van der Waals surface area contributed by atoms with Crippen molar-refractivity contribution in [3.05, 3.63) is 91.0 Å². The molecule has 220 valence electrons. The van der Waals surface area contributed by atoms with Gasteiger partial charge in [0.15, 0.2) is 0 Å². The van der Waals surface area contributed by atoms with Crippen molar-refractivity contribution < 1.29 is 38.6 Å². The van der Waals surface area contributed by atoms with Gasteiger partial charge in [0.05, 0.1) is 32.5 Å². The summed E-state index contributed by atoms with van der Waals surface area (Å²) in [6, 6.07) is 23.2. The quantitative estimate of drug-likeness (QED) is 0.113. The van der Waals surface area contributed by atoms with Crippen LogP contribution in [0.25, 0.3) is 21.5 Å². The lowest BCUT2D eigenvalue weighted by Crippen LogP contribution is -1.97. The summed E-state index contributed by atoms with van der Waals surface area (Å²) in [6.07, 6.45) is 0. The number of nitrogens with two attached hydrogens (primary N) is 1. The maximum Gasteiger partial charge on any atom is 0.425 e. The highest BCUT2D eigenvalue weighted by Gasteiger charge is 2.14. The molecule has 17 heteroatoms. The molecular formula is C26H19N5O9S3. The third-order valence-electron chi connectivity index (χ3n) is 5.83. The summed E-state index contributed by atoms with van der Waals surface area (Å²) in [5.74, 6) is 0. The smallest absolute Gasteiger partial charge is 0.398 e. The number of hydrogen-bond acceptors (Lipinski definition) is 12. The Balaban J connectivity index is 0.000000996. The van der Waals surface area contributed by atoms with Crippen LogP contribution in [0.3, 0.4) is 0 Å². The van der Waals surface area contributed by atoms with Gasteiger partial charge in [0.2, 0.25) is 0 Å². The molecule has 0 saturated carbocycles. The van der Waals surface area contributed by atoms with Crippen molar-refractivity contribution in [2.45, 2.75) is 9.79 Å². The second-order valence-electron chi connectivity index (χ2n) is 8.58. The molecule has 0 saturated heterocycles. The lowest BCUT2D eigenvalue weighted by molar-refractivity contribution is 0.481. The summed E-state index contributed by atoms with van der Waals surface area (Å²) in [5.41, 5.74) is 7.96. The third-order valence-corrected chi connectivity index (χ3v) is 7.53. The van der Waals surface area contributed by atoms with Crippen LogP contribution in [-0.2, 0) is 30.8 Å². The van der Waals surface area contributed by atoms with Gasteiger partial charge in [-0.15, -0.1) is 28.0 Å². The molecule has 0 aliphatic carbocycles. The van der Waals surface area contributed by atoms with Gasteiger partial charge in [0, 0.05) is 27.2 Å². The van der Waals surface area contributed by atoms with Crippen molar-refractivity contribution in [3.8, 4) is 0 Å². The van der Waals surface area contributed by atoms with Crippen molar-refractivity contribution in [2.24, 2.45) is 20.5 Å². The number of hydrogen-bond donors (Lipinski definition) is 3. The largest absolute Gasteiger partial charge is 0.425 e. The summed E-state index contributed by atoms with van der Waals surface area (Å²) in [5, 5.41) is 19.3. The fourth-order valence-electron chi connectivity index (χ4n) is 3.95. The molecule has 43 heavy (non-hydrogen) atoms. The molecule has 0 radical (unpaired) electrons. The first-order valence-electron chi connectivity index (χ1n) is 11.7. The van der Waals surface area contributed by atoms with E-state index >= 15 is 0 Å². The second kappa shape index (κ2) is 12.5. The SMILES string of the molecule is Nc1ccc(N=Nc2ccc(N=Nc3cccc(S(=O)(=O)O)c3)c3ccc(S(=O)(=O)O)cc23)c2ccccc12.O=S(=O)=O. The number of nitrogen functional groups attached to an aromatic ring is 1. The van der Waals surface area contributed by atoms with E-state index in [1.807, 2.05) is 24.3 Å². The van der Waals surface area contributed by atoms with E-state index in [0.29, 0.717) is 33.5 Å². The Labute approximate surface area is 245 Å². The van der Waals surface area contributed by atoms with Gasteiger partial charge in [-0.1, -0.05) is 36.4 Å². The van der Waals surface area contributed by atoms with Crippen LogP contribution in [0.1, 0.15) is 0 Å². The van der Waals surface area contributed by atoms with Crippen LogP contribution in [0.15, 0.2) is 121 Å². The minimum absolute atomic E-state index is 0.159. The normalized spacial score (nSPS) is 12.0. The van der Waals surface area contributed by atoms with Crippen molar-refractivity contribution in [2.75, 3.05) is 5.73 Å². The molecule has 0 fully saturated rings. The predicted octanol–water partition coefficient (Wildman–Crippen LogP) is 5.90. The Morgan fingerprint density at radius 3 is 1.63 bits per heavy atom. The number of fused-ring (bicyclic) bond motifs is 2. The first-order valence-corrected chi connectivity index (χ1v) is 15.6. The summed E-state index contributed by atoms with van der Waals surface area (Å²) >= 11 is 0. The van der Waals surface area contributed by atoms with Gasteiger partial charge in [0.25, 0.3) is 20.2 Å². The maximum absolute atomic E-state index is 11.8. The number of rotatable bonds is 6. The minimum atomic E-state index is -4.52. The monoisotopic (exact) mass is 641 g/mol. The van der Waals surface area contributed by atoms with Crippen molar-refractivity contribution >= 4 is 80.8 Å². The van der Waals surface area contributed by atoms with Crippen LogP contribution in [0.5, 0.6) is 0 Å². The zero-order valence-corrected chi connectivity index (χ0v) is 24.0. The molecule has 0 spiro atoms. The van der Waals surface area contributed by atoms with E-state index in [-0.39, 0.29) is 15.5 Å². The molecular weight excluding hydrogens is 623 g/mol. The van der Waals surface area contributed by atoms with Crippen LogP contribution in [0, 0.1) is 0 Å². The molecule has 0 bridgehead atoms. The van der Waals surface area contributed by atoms with Crippen molar-refractivity contribution in [1.29, 1.82) is 0 Å². The van der Waals surface area contributed by atoms with Gasteiger partial charge in [-0.2, -0.15) is 21.9 Å². The molecule has 0 unspecified atom stereocenters. The highest BCUT2D eigenvalue weighted by atomic mass is 32.2. The van der Waals surface area contributed by atoms with E-state index in [0.717, 1.165) is 16.8 Å². The molecule has 5 aromatic carbocycles. The highest BCUT2D eigenvalue weighted by molar-refractivity contribution is 7.86. The fraction of sp³-hybridized carbons (Fsp3) is 0. The summed E-state index contributed by atoms with van der Waals surface area (Å²) in [6.45, 7) is 0. The average Bonchev–Trinajstić information content (AvgIpc) is 2.95. The van der Waals surface area contributed by atoms with Crippen LogP contribution in [0.2, 0.25) is 0 Å². The van der Waals surface area contributed by atoms with E-state index in [9.17, 15) is 25.9 Å². The summed E-state index contributed by atoms with van der Waals surface area (Å²) in [4.78, 5) is -0.688. The van der Waals surface area contributed by atoms with Gasteiger partial charge in [-0.3, -0.25) is 9.11 Å². The molecule has 0 atom stereocenters. The summed E-state index contributed by atoms with van der Waals surface area (Å²) in [7, 11) is -12.1. The van der Waals surface area contributed by atoms with Crippen LogP contribution >= 0.6 is 0 Å². The Hall–Kier alpha value is -4.94. The molecule has 4 N–H and O–H groups in total. The zero-order valence-electron chi connectivity index (χ0n) is 21.5. The topological polar surface area (TPSA) is 235 Å². The third kappa shape index (κ3) is 7.67. The molecule has 5 rings (SSSR count). The summed E-state index contributed by atoms with van der Waals surface area (Å²) < 4.78 is 90.7. The molecule has 0 amide bonds. The van der Waals surface area contributed by atoms with E-state index in [4.69, 9.17) is 18.4 Å². The Morgan fingerprint density at radius 1 is 0.535 bits per heavy atom. The first-order chi connectivity index (χ1) is 20.2. The lowest BCUT2D eigenvalue weighted by Gasteiger charge is -2.07. The number of nitrogens with zero attached hydrogens (tertiary/aromatic N) is 4. The molecule has 14 nitrogen and oxygen atoms in total. The van der Waals surface area contributed by atoms with E-state index in [1.54, 1.807) is 24.3 Å². The van der Waals surface area contributed by atoms with Crippen LogP contribution in [0.4, 0.5) is 28.4 Å². The molecule has 0 aliphatic rings. The Kier molecular flexibility index (Phi) is 9.02. The van der Waals surface area contributed by atoms with Gasteiger partial charge < -0.3 is 5.73 Å². The fourth-order valence-corrected chi connectivity index (χ4v) is 4.98. The van der Waals surface area contributed by atoms with E-state index in [1.165, 1.54) is 36.4 Å². The van der Waals surface area contributed by atoms with Crippen molar-refractivity contribution in [3.63, 3.8) is 0 Å². The number of benzene rings is 5. The van der Waals surface area contributed by atoms with Crippen LogP contribution in [-0.4, -0.2) is 38.6 Å². The Bertz CT molecular complexity index is 2270. The first kappa shape index (κ1) is 31.0. The van der Waals surface area contributed by atoms with Gasteiger partial charge >= 0.3 is 10.6 Å². The molecule has 5 aromatic rings. The second-order valence-corrected chi connectivity index (χ2v) is 11.8. The van der Waals surface area contributed by atoms with E-state index in [2.05, 4.69) is 20.5 Å². The highest BCUT2D eigenvalue weighted by Crippen LogP contribution is 2.38. The van der Waals surface area contributed by atoms with Gasteiger partial charge in [-0.05, 0) is 54.6 Å². The number of anilines is 1. The lowest BCUT2D eigenvalue weighted by atomic mass is 10.1. The predicted molar refractivity (Wildman–Crippen MR) is 156 cm³/mol. The zero-order chi connectivity index (χ0) is 31.4. The van der Waals surface area contributed by atoms with Crippen LogP contribution < -0.4 is 5.73 Å². The number of azo groups is 2.